The maximum Gasteiger partial charge on any atom is 0.303 e. The largest absolute Gasteiger partial charge is 0.481 e. The van der Waals surface area contributed by atoms with E-state index in [9.17, 15) is 9.59 Å². The lowest BCUT2D eigenvalue weighted by molar-refractivity contribution is -0.137. The van der Waals surface area contributed by atoms with E-state index < -0.39 is 5.97 Å². The number of amides is 1. The predicted octanol–water partition coefficient (Wildman–Crippen LogP) is 2.36. The van der Waals surface area contributed by atoms with Crippen LogP contribution in [0.3, 0.4) is 0 Å². The molecule has 0 spiro atoms. The number of rotatable bonds is 6. The number of nitrogens with one attached hydrogen (secondary N) is 1. The summed E-state index contributed by atoms with van der Waals surface area (Å²) in [5.74, 6) is -0.943. The van der Waals surface area contributed by atoms with Crippen molar-refractivity contribution in [2.24, 2.45) is 0 Å². The van der Waals surface area contributed by atoms with Gasteiger partial charge in [-0.2, -0.15) is 0 Å². The summed E-state index contributed by atoms with van der Waals surface area (Å²) < 4.78 is 0.901. The molecule has 1 atom stereocenters. The maximum atomic E-state index is 11.7. The van der Waals surface area contributed by atoms with E-state index >= 15 is 0 Å². The number of carboxylic acid groups (broad SMARTS) is 1. The van der Waals surface area contributed by atoms with Gasteiger partial charge in [0, 0.05) is 16.9 Å². The minimum absolute atomic E-state index is 0.0660. The van der Waals surface area contributed by atoms with Crippen LogP contribution in [0.25, 0.3) is 0 Å². The third kappa shape index (κ3) is 5.31. The smallest absolute Gasteiger partial charge is 0.303 e. The molecule has 0 saturated carbocycles. The van der Waals surface area contributed by atoms with Crippen molar-refractivity contribution in [2.45, 2.75) is 32.2 Å². The van der Waals surface area contributed by atoms with Crippen molar-refractivity contribution in [3.63, 3.8) is 0 Å². The van der Waals surface area contributed by atoms with Gasteiger partial charge < -0.3 is 10.4 Å². The van der Waals surface area contributed by atoms with E-state index in [1.54, 1.807) is 6.92 Å². The molecule has 98 valence electrons. The van der Waals surface area contributed by atoms with Crippen LogP contribution in [0.15, 0.2) is 28.7 Å². The van der Waals surface area contributed by atoms with Crippen LogP contribution in [0.4, 0.5) is 0 Å². The number of hydrogen-bond acceptors (Lipinski definition) is 2. The number of aliphatic carboxylic acids is 1. The summed E-state index contributed by atoms with van der Waals surface area (Å²) in [4.78, 5) is 22.1. The first-order valence-corrected chi connectivity index (χ1v) is 6.53. The Hall–Kier alpha value is -1.36. The molecule has 1 aromatic carbocycles. The van der Waals surface area contributed by atoms with E-state index in [2.05, 4.69) is 21.2 Å². The second-order valence-electron chi connectivity index (χ2n) is 4.17. The lowest BCUT2D eigenvalue weighted by Gasteiger charge is -2.13. The molecule has 0 aliphatic heterocycles. The first kappa shape index (κ1) is 14.7. The van der Waals surface area contributed by atoms with Crippen LogP contribution in [0, 0.1) is 0 Å². The normalized spacial score (nSPS) is 11.9. The van der Waals surface area contributed by atoms with Crippen molar-refractivity contribution in [3.8, 4) is 0 Å². The molecule has 1 rings (SSSR count). The Morgan fingerprint density at radius 2 is 2.06 bits per heavy atom. The van der Waals surface area contributed by atoms with Gasteiger partial charge in [0.1, 0.15) is 0 Å². The third-order valence-electron chi connectivity index (χ3n) is 2.51. The molecule has 0 radical (unpaired) electrons. The molecule has 1 amide bonds. The summed E-state index contributed by atoms with van der Waals surface area (Å²) in [6.07, 6.45) is 0.798. The van der Waals surface area contributed by atoms with Crippen LogP contribution in [0.5, 0.6) is 0 Å². The number of halogens is 1. The Labute approximate surface area is 115 Å². The zero-order chi connectivity index (χ0) is 13.5. The standard InChI is InChI=1S/C13H16BrNO3/c1-9(6-7-13(17)18)15-12(16)8-10-4-2-3-5-11(10)14/h2-5,9H,6-8H2,1H3,(H,15,16)(H,17,18)/t9-/m0/s1. The molecule has 0 aliphatic rings. The predicted molar refractivity (Wildman–Crippen MR) is 72.3 cm³/mol. The van der Waals surface area contributed by atoms with Gasteiger partial charge in [0.2, 0.25) is 5.91 Å². The van der Waals surface area contributed by atoms with Crippen LogP contribution in [0.1, 0.15) is 25.3 Å². The Kier molecular flexibility index (Phi) is 5.85. The van der Waals surface area contributed by atoms with Crippen LogP contribution < -0.4 is 5.32 Å². The van der Waals surface area contributed by atoms with Crippen molar-refractivity contribution in [1.82, 2.24) is 5.32 Å². The van der Waals surface area contributed by atoms with E-state index in [0.29, 0.717) is 12.8 Å². The van der Waals surface area contributed by atoms with Gasteiger partial charge in [-0.15, -0.1) is 0 Å². The maximum absolute atomic E-state index is 11.7. The number of carboxylic acids is 1. The lowest BCUT2D eigenvalue weighted by atomic mass is 10.1. The minimum Gasteiger partial charge on any atom is -0.481 e. The number of carbonyl (C=O) groups excluding carboxylic acids is 1. The van der Waals surface area contributed by atoms with Crippen LogP contribution in [-0.2, 0) is 16.0 Å². The molecule has 0 aliphatic carbocycles. The molecular weight excluding hydrogens is 298 g/mol. The minimum atomic E-state index is -0.845. The van der Waals surface area contributed by atoms with E-state index in [4.69, 9.17) is 5.11 Å². The summed E-state index contributed by atoms with van der Waals surface area (Å²) in [6.45, 7) is 1.81. The molecule has 4 nitrogen and oxygen atoms in total. The van der Waals surface area contributed by atoms with Gasteiger partial charge >= 0.3 is 5.97 Å². The SMILES string of the molecule is C[C@@H](CCC(=O)O)NC(=O)Cc1ccccc1Br. The average Bonchev–Trinajstić information content (AvgIpc) is 2.29. The molecule has 5 heteroatoms. The second-order valence-corrected chi connectivity index (χ2v) is 5.02. The summed E-state index contributed by atoms with van der Waals surface area (Å²) in [6, 6.07) is 7.40. The fraction of sp³-hybridized carbons (Fsp3) is 0.385. The third-order valence-corrected chi connectivity index (χ3v) is 3.28. The highest BCUT2D eigenvalue weighted by atomic mass is 79.9. The molecule has 2 N–H and O–H groups in total. The molecule has 0 fully saturated rings. The number of hydrogen-bond donors (Lipinski definition) is 2. The van der Waals surface area contributed by atoms with Gasteiger partial charge in [-0.25, -0.2) is 0 Å². The highest BCUT2D eigenvalue weighted by Gasteiger charge is 2.10. The lowest BCUT2D eigenvalue weighted by Crippen LogP contribution is -2.34. The molecule has 0 heterocycles. The first-order valence-electron chi connectivity index (χ1n) is 5.73. The van der Waals surface area contributed by atoms with E-state index in [-0.39, 0.29) is 18.4 Å². The molecule has 0 unspecified atom stereocenters. The number of benzene rings is 1. The first-order chi connectivity index (χ1) is 8.49. The number of carbonyl (C=O) groups is 2. The van der Waals surface area contributed by atoms with E-state index in [0.717, 1.165) is 10.0 Å². The van der Waals surface area contributed by atoms with Crippen LogP contribution in [-0.4, -0.2) is 23.0 Å². The van der Waals surface area contributed by atoms with Crippen molar-refractivity contribution in [2.75, 3.05) is 0 Å². The van der Waals surface area contributed by atoms with E-state index in [1.165, 1.54) is 0 Å². The second kappa shape index (κ2) is 7.16. The topological polar surface area (TPSA) is 66.4 Å². The van der Waals surface area contributed by atoms with Crippen molar-refractivity contribution in [1.29, 1.82) is 0 Å². The monoisotopic (exact) mass is 313 g/mol. The molecule has 18 heavy (non-hydrogen) atoms. The van der Waals surface area contributed by atoms with Crippen LogP contribution >= 0.6 is 15.9 Å². The summed E-state index contributed by atoms with van der Waals surface area (Å²) in [7, 11) is 0. The van der Waals surface area contributed by atoms with Crippen LogP contribution in [0.2, 0.25) is 0 Å². The van der Waals surface area contributed by atoms with Crippen molar-refractivity contribution < 1.29 is 14.7 Å². The molecule has 0 saturated heterocycles. The van der Waals surface area contributed by atoms with Gasteiger partial charge in [0.15, 0.2) is 0 Å². The Balaban J connectivity index is 2.42. The highest BCUT2D eigenvalue weighted by Crippen LogP contribution is 2.16. The summed E-state index contributed by atoms with van der Waals surface area (Å²) >= 11 is 3.38. The Morgan fingerprint density at radius 3 is 2.67 bits per heavy atom. The van der Waals surface area contributed by atoms with Gasteiger partial charge in [-0.1, -0.05) is 34.1 Å². The molecule has 0 bridgehead atoms. The molecule has 1 aromatic rings. The highest BCUT2D eigenvalue weighted by molar-refractivity contribution is 9.10. The average molecular weight is 314 g/mol. The van der Waals surface area contributed by atoms with Gasteiger partial charge in [0.25, 0.3) is 0 Å². The quantitative estimate of drug-likeness (QED) is 0.847. The van der Waals surface area contributed by atoms with E-state index in [1.807, 2.05) is 24.3 Å². The fourth-order valence-corrected chi connectivity index (χ4v) is 1.98. The summed E-state index contributed by atoms with van der Waals surface area (Å²) in [5, 5.41) is 11.3. The van der Waals surface area contributed by atoms with Gasteiger partial charge in [0.05, 0.1) is 6.42 Å². The van der Waals surface area contributed by atoms with Gasteiger partial charge in [-0.05, 0) is 25.0 Å². The fourth-order valence-electron chi connectivity index (χ4n) is 1.55. The zero-order valence-corrected chi connectivity index (χ0v) is 11.7. The Morgan fingerprint density at radius 1 is 1.39 bits per heavy atom. The molecular formula is C13H16BrNO3. The Bertz CT molecular complexity index is 434. The van der Waals surface area contributed by atoms with Crippen molar-refractivity contribution in [3.05, 3.63) is 34.3 Å². The van der Waals surface area contributed by atoms with Gasteiger partial charge in [-0.3, -0.25) is 9.59 Å². The van der Waals surface area contributed by atoms with Crippen molar-refractivity contribution >= 4 is 27.8 Å². The molecule has 0 aromatic heterocycles. The zero-order valence-electron chi connectivity index (χ0n) is 10.1. The summed E-state index contributed by atoms with van der Waals surface area (Å²) in [5.41, 5.74) is 0.917.